The standard InChI is InChI=1S/C31H33NO5/c1-3-5-9-19-37-26-14-10-13-24(20-26)28-27(29(33)23-15-17-25(18-16-23)36-4-2)30(34)31(35)32(28)21-22-11-7-6-8-12-22/h6-8,10-18,20,28,33H,3-5,9,19,21H2,1-2H3. The predicted octanol–water partition coefficient (Wildman–Crippen LogP) is 6.28. The van der Waals surface area contributed by atoms with E-state index < -0.39 is 17.7 Å². The molecule has 1 N–H and O–H groups in total. The number of hydrogen-bond acceptors (Lipinski definition) is 5. The van der Waals surface area contributed by atoms with Crippen LogP contribution in [0.25, 0.3) is 5.76 Å². The summed E-state index contributed by atoms with van der Waals surface area (Å²) in [5, 5.41) is 11.3. The second-order valence-corrected chi connectivity index (χ2v) is 9.00. The third kappa shape index (κ3) is 6.02. The van der Waals surface area contributed by atoms with E-state index in [4.69, 9.17) is 9.47 Å². The Morgan fingerprint density at radius 3 is 2.32 bits per heavy atom. The maximum absolute atomic E-state index is 13.3. The number of rotatable bonds is 11. The highest BCUT2D eigenvalue weighted by Gasteiger charge is 2.46. The molecule has 0 spiro atoms. The molecule has 6 heteroatoms. The Morgan fingerprint density at radius 2 is 1.62 bits per heavy atom. The number of likely N-dealkylation sites (tertiary alicyclic amines) is 1. The first-order valence-corrected chi connectivity index (χ1v) is 12.8. The van der Waals surface area contributed by atoms with Crippen molar-refractivity contribution in [3.8, 4) is 11.5 Å². The quantitative estimate of drug-likeness (QED) is 0.146. The zero-order valence-corrected chi connectivity index (χ0v) is 21.4. The van der Waals surface area contributed by atoms with Gasteiger partial charge in [0.25, 0.3) is 11.7 Å². The minimum Gasteiger partial charge on any atom is -0.507 e. The lowest BCUT2D eigenvalue weighted by Crippen LogP contribution is -2.29. The van der Waals surface area contributed by atoms with Crippen molar-refractivity contribution in [1.82, 2.24) is 4.90 Å². The van der Waals surface area contributed by atoms with Gasteiger partial charge in [0.1, 0.15) is 17.3 Å². The van der Waals surface area contributed by atoms with Crippen LogP contribution >= 0.6 is 0 Å². The number of unbranched alkanes of at least 4 members (excludes halogenated alkanes) is 2. The minimum absolute atomic E-state index is 0.0632. The van der Waals surface area contributed by atoms with E-state index in [1.165, 1.54) is 4.90 Å². The Kier molecular flexibility index (Phi) is 8.62. The number of carbonyl (C=O) groups is 2. The highest BCUT2D eigenvalue weighted by Crippen LogP contribution is 2.41. The summed E-state index contributed by atoms with van der Waals surface area (Å²) in [4.78, 5) is 28.1. The first kappa shape index (κ1) is 26.0. The number of benzene rings is 3. The highest BCUT2D eigenvalue weighted by molar-refractivity contribution is 6.46. The van der Waals surface area contributed by atoms with Crippen molar-refractivity contribution in [3.63, 3.8) is 0 Å². The summed E-state index contributed by atoms with van der Waals surface area (Å²) in [5.74, 6) is -0.235. The summed E-state index contributed by atoms with van der Waals surface area (Å²) < 4.78 is 11.4. The van der Waals surface area contributed by atoms with Crippen LogP contribution in [0.2, 0.25) is 0 Å². The molecular weight excluding hydrogens is 466 g/mol. The Labute approximate surface area is 218 Å². The van der Waals surface area contributed by atoms with Gasteiger partial charge in [0.05, 0.1) is 24.8 Å². The van der Waals surface area contributed by atoms with Crippen molar-refractivity contribution in [2.45, 2.75) is 45.7 Å². The average Bonchev–Trinajstić information content (AvgIpc) is 3.17. The lowest BCUT2D eigenvalue weighted by Gasteiger charge is -2.26. The normalized spacial score (nSPS) is 16.7. The zero-order chi connectivity index (χ0) is 26.2. The van der Waals surface area contributed by atoms with Crippen molar-refractivity contribution in [1.29, 1.82) is 0 Å². The third-order valence-electron chi connectivity index (χ3n) is 6.36. The third-order valence-corrected chi connectivity index (χ3v) is 6.36. The summed E-state index contributed by atoms with van der Waals surface area (Å²) >= 11 is 0. The van der Waals surface area contributed by atoms with Crippen molar-refractivity contribution >= 4 is 17.4 Å². The summed E-state index contributed by atoms with van der Waals surface area (Å²) in [5.41, 5.74) is 2.10. The predicted molar refractivity (Wildman–Crippen MR) is 143 cm³/mol. The molecule has 192 valence electrons. The maximum atomic E-state index is 13.3. The first-order chi connectivity index (χ1) is 18.0. The first-order valence-electron chi connectivity index (χ1n) is 12.8. The van der Waals surface area contributed by atoms with E-state index in [1.807, 2.05) is 61.5 Å². The molecule has 4 rings (SSSR count). The molecule has 0 bridgehead atoms. The van der Waals surface area contributed by atoms with Gasteiger partial charge in [0.15, 0.2) is 0 Å². The van der Waals surface area contributed by atoms with Gasteiger partial charge in [-0.2, -0.15) is 0 Å². The van der Waals surface area contributed by atoms with Crippen molar-refractivity contribution in [3.05, 3.63) is 101 Å². The molecular formula is C31H33NO5. The Bertz CT molecular complexity index is 1250. The van der Waals surface area contributed by atoms with Crippen molar-refractivity contribution < 1.29 is 24.2 Å². The number of aliphatic hydroxyl groups is 1. The van der Waals surface area contributed by atoms with Gasteiger partial charge >= 0.3 is 0 Å². The van der Waals surface area contributed by atoms with E-state index in [0.29, 0.717) is 35.8 Å². The second-order valence-electron chi connectivity index (χ2n) is 9.00. The lowest BCUT2D eigenvalue weighted by atomic mass is 9.95. The monoisotopic (exact) mass is 499 g/mol. The largest absolute Gasteiger partial charge is 0.507 e. The summed E-state index contributed by atoms with van der Waals surface area (Å²) in [6.07, 6.45) is 3.13. The van der Waals surface area contributed by atoms with E-state index in [2.05, 4.69) is 6.92 Å². The molecule has 1 aliphatic rings. The number of carbonyl (C=O) groups excluding carboxylic acids is 2. The van der Waals surface area contributed by atoms with Crippen LogP contribution < -0.4 is 9.47 Å². The van der Waals surface area contributed by atoms with Gasteiger partial charge in [-0.15, -0.1) is 0 Å². The van der Waals surface area contributed by atoms with Crippen LogP contribution in [0.1, 0.15) is 55.8 Å². The van der Waals surface area contributed by atoms with E-state index in [1.54, 1.807) is 24.3 Å². The topological polar surface area (TPSA) is 76.1 Å². The fraction of sp³-hybridized carbons (Fsp3) is 0.290. The van der Waals surface area contributed by atoms with Gasteiger partial charge in [0, 0.05) is 12.1 Å². The number of nitrogens with zero attached hydrogens (tertiary/aromatic N) is 1. The molecule has 1 unspecified atom stereocenters. The van der Waals surface area contributed by atoms with Crippen molar-refractivity contribution in [2.75, 3.05) is 13.2 Å². The summed E-state index contributed by atoms with van der Waals surface area (Å²) in [7, 11) is 0. The van der Waals surface area contributed by atoms with Gasteiger partial charge in [-0.1, -0.05) is 62.2 Å². The number of ether oxygens (including phenoxy) is 2. The van der Waals surface area contributed by atoms with Crippen LogP contribution in [-0.2, 0) is 16.1 Å². The number of hydrogen-bond donors (Lipinski definition) is 1. The second kappa shape index (κ2) is 12.3. The molecule has 1 aliphatic heterocycles. The fourth-order valence-electron chi connectivity index (χ4n) is 4.52. The SMILES string of the molecule is CCCCCOc1cccc(C2C(=C(O)c3ccc(OCC)cc3)C(=O)C(=O)N2Cc2ccccc2)c1. The summed E-state index contributed by atoms with van der Waals surface area (Å²) in [6, 6.07) is 23.0. The van der Waals surface area contributed by atoms with Crippen LogP contribution in [0.4, 0.5) is 0 Å². The number of amides is 1. The van der Waals surface area contributed by atoms with Crippen LogP contribution in [0.15, 0.2) is 84.4 Å². The van der Waals surface area contributed by atoms with Gasteiger partial charge in [-0.25, -0.2) is 0 Å². The molecule has 1 atom stereocenters. The van der Waals surface area contributed by atoms with Gasteiger partial charge in [-0.3, -0.25) is 9.59 Å². The molecule has 0 saturated carbocycles. The molecule has 37 heavy (non-hydrogen) atoms. The molecule has 0 radical (unpaired) electrons. The Balaban J connectivity index is 1.75. The van der Waals surface area contributed by atoms with Gasteiger partial charge in [-0.05, 0) is 60.9 Å². The fourth-order valence-corrected chi connectivity index (χ4v) is 4.52. The van der Waals surface area contributed by atoms with Crippen LogP contribution in [0.3, 0.4) is 0 Å². The average molecular weight is 500 g/mol. The number of ketones is 1. The molecule has 3 aromatic carbocycles. The lowest BCUT2D eigenvalue weighted by molar-refractivity contribution is -0.140. The van der Waals surface area contributed by atoms with Crippen LogP contribution in [-0.4, -0.2) is 34.9 Å². The molecule has 6 nitrogen and oxygen atoms in total. The minimum atomic E-state index is -0.758. The maximum Gasteiger partial charge on any atom is 0.295 e. The van der Waals surface area contributed by atoms with E-state index in [-0.39, 0.29) is 17.9 Å². The molecule has 3 aromatic rings. The molecule has 0 aromatic heterocycles. The number of Topliss-reactive ketones (excluding diaryl/α,β-unsaturated/α-hetero) is 1. The smallest absolute Gasteiger partial charge is 0.295 e. The van der Waals surface area contributed by atoms with Gasteiger partial charge in [0.2, 0.25) is 0 Å². The van der Waals surface area contributed by atoms with E-state index in [9.17, 15) is 14.7 Å². The van der Waals surface area contributed by atoms with Gasteiger partial charge < -0.3 is 19.5 Å². The Morgan fingerprint density at radius 1 is 0.865 bits per heavy atom. The molecule has 1 amide bonds. The van der Waals surface area contributed by atoms with Crippen LogP contribution in [0, 0.1) is 0 Å². The molecule has 1 heterocycles. The molecule has 1 fully saturated rings. The Hall–Kier alpha value is -4.06. The van der Waals surface area contributed by atoms with Crippen molar-refractivity contribution in [2.24, 2.45) is 0 Å². The van der Waals surface area contributed by atoms with E-state index in [0.717, 1.165) is 24.8 Å². The molecule has 0 aliphatic carbocycles. The highest BCUT2D eigenvalue weighted by atomic mass is 16.5. The molecule has 1 saturated heterocycles. The van der Waals surface area contributed by atoms with E-state index >= 15 is 0 Å². The summed E-state index contributed by atoms with van der Waals surface area (Å²) in [6.45, 7) is 5.38. The number of aliphatic hydroxyl groups excluding tert-OH is 1. The zero-order valence-electron chi connectivity index (χ0n) is 21.4. The van der Waals surface area contributed by atoms with Crippen LogP contribution in [0.5, 0.6) is 11.5 Å².